The smallest absolute Gasteiger partial charge is 0.545 e. The molecule has 1 atom stereocenters. The van der Waals surface area contributed by atoms with Crippen molar-refractivity contribution in [2.24, 2.45) is 0 Å². The average Bonchev–Trinajstić information content (AvgIpc) is 2.56. The Morgan fingerprint density at radius 2 is 1.85 bits per heavy atom. The molecule has 0 N–H and O–H groups in total. The summed E-state index contributed by atoms with van der Waals surface area (Å²) in [5.74, 6) is -1.18. The summed E-state index contributed by atoms with van der Waals surface area (Å²) in [6, 6.07) is 9.86. The molecule has 2 aromatic carbocycles. The van der Waals surface area contributed by atoms with Crippen molar-refractivity contribution in [2.75, 3.05) is 0 Å². The third-order valence-corrected chi connectivity index (χ3v) is 3.93. The first-order valence-electron chi connectivity index (χ1n) is 7.70. The second-order valence-corrected chi connectivity index (χ2v) is 6.00. The van der Waals surface area contributed by atoms with E-state index in [1.807, 2.05) is 32.0 Å². The van der Waals surface area contributed by atoms with Crippen molar-refractivity contribution in [2.45, 2.75) is 26.1 Å². The number of carboxylic acid groups (broad SMARTS) is 1. The second-order valence-electron chi connectivity index (χ2n) is 6.00. The Bertz CT molecular complexity index is 906. The van der Waals surface area contributed by atoms with E-state index >= 15 is 0 Å². The molecule has 2 aromatic rings. The van der Waals surface area contributed by atoms with Gasteiger partial charge >= 0.3 is 35.7 Å². The van der Waals surface area contributed by atoms with Crippen LogP contribution in [0, 0.1) is 13.8 Å². The van der Waals surface area contributed by atoms with Gasteiger partial charge in [0.05, 0.1) is 5.97 Å². The van der Waals surface area contributed by atoms with Gasteiger partial charge in [0.25, 0.3) is 0 Å². The monoisotopic (exact) mass is 386 g/mol. The molecule has 0 aromatic heterocycles. The van der Waals surface area contributed by atoms with Gasteiger partial charge in [-0.25, -0.2) is 0 Å². The number of hydrogen-bond donors (Lipinski definition) is 0. The number of carboxylic acids is 1. The van der Waals surface area contributed by atoms with E-state index in [1.165, 1.54) is 18.2 Å². The van der Waals surface area contributed by atoms with Crippen LogP contribution in [-0.2, 0) is 4.79 Å². The molecule has 1 aliphatic heterocycles. The fourth-order valence-corrected chi connectivity index (χ4v) is 2.59. The van der Waals surface area contributed by atoms with Crippen molar-refractivity contribution in [3.05, 3.63) is 58.7 Å². The van der Waals surface area contributed by atoms with Crippen LogP contribution >= 0.6 is 0 Å². The fraction of sp³-hybridized carbons (Fsp3) is 0.211. The molecular formula is C19H14F3NaO4. The van der Waals surface area contributed by atoms with Crippen molar-refractivity contribution < 1.29 is 62.1 Å². The van der Waals surface area contributed by atoms with Crippen molar-refractivity contribution in [1.82, 2.24) is 0 Å². The van der Waals surface area contributed by atoms with Crippen molar-refractivity contribution >= 4 is 12.0 Å². The number of alkyl halides is 3. The van der Waals surface area contributed by atoms with Crippen LogP contribution in [0.3, 0.4) is 0 Å². The van der Waals surface area contributed by atoms with E-state index in [-0.39, 0.29) is 46.6 Å². The van der Waals surface area contributed by atoms with Crippen LogP contribution in [0.5, 0.6) is 17.2 Å². The number of aliphatic carboxylic acids is 1. The normalized spacial score (nSPS) is 15.7. The third kappa shape index (κ3) is 4.66. The Labute approximate surface area is 175 Å². The molecule has 0 unspecified atom stereocenters. The Hall–Kier alpha value is -1.96. The van der Waals surface area contributed by atoms with E-state index in [2.05, 4.69) is 0 Å². The predicted molar refractivity (Wildman–Crippen MR) is 85.9 cm³/mol. The molecule has 0 bridgehead atoms. The summed E-state index contributed by atoms with van der Waals surface area (Å²) in [6.07, 6.45) is -6.56. The van der Waals surface area contributed by atoms with Gasteiger partial charge in [0.15, 0.2) is 0 Å². The number of aryl methyl sites for hydroxylation is 2. The standard InChI is InChI=1S/C19H15F3O4.Na/c1-10-3-4-11(2)15(7-10)25-13-6-5-12-8-14(18(23)24)17(19(20,21)22)26-16(12)9-13;/h3-9,17H,1-2H3,(H,23,24);/q;+1/p-1/t17-;/m1./s1. The first kappa shape index (κ1) is 21.3. The summed E-state index contributed by atoms with van der Waals surface area (Å²) in [7, 11) is 0. The molecular weight excluding hydrogens is 372 g/mol. The topological polar surface area (TPSA) is 58.6 Å². The number of carbonyl (C=O) groups excluding carboxylic acids is 1. The number of benzene rings is 2. The minimum atomic E-state index is -4.88. The Balaban J connectivity index is 0.00000261. The maximum atomic E-state index is 13.1. The maximum Gasteiger partial charge on any atom is 1.00 e. The molecule has 0 fully saturated rings. The van der Waals surface area contributed by atoms with E-state index in [0.717, 1.165) is 17.2 Å². The first-order valence-corrected chi connectivity index (χ1v) is 7.70. The minimum Gasteiger partial charge on any atom is -0.545 e. The summed E-state index contributed by atoms with van der Waals surface area (Å²) in [4.78, 5) is 11.0. The van der Waals surface area contributed by atoms with Gasteiger partial charge in [-0.3, -0.25) is 0 Å². The van der Waals surface area contributed by atoms with E-state index in [1.54, 1.807) is 0 Å². The third-order valence-electron chi connectivity index (χ3n) is 3.93. The van der Waals surface area contributed by atoms with E-state index in [0.29, 0.717) is 5.75 Å². The van der Waals surface area contributed by atoms with Gasteiger partial charge in [0, 0.05) is 17.2 Å². The minimum absolute atomic E-state index is 0. The molecule has 0 aliphatic carbocycles. The number of hydrogen-bond acceptors (Lipinski definition) is 4. The zero-order valence-corrected chi connectivity index (χ0v) is 16.9. The maximum absolute atomic E-state index is 13.1. The van der Waals surface area contributed by atoms with Gasteiger partial charge in [-0.2, -0.15) is 13.2 Å². The summed E-state index contributed by atoms with van der Waals surface area (Å²) in [5, 5.41) is 11.0. The molecule has 0 radical (unpaired) electrons. The number of halogens is 3. The van der Waals surface area contributed by atoms with E-state index in [4.69, 9.17) is 9.47 Å². The molecule has 136 valence electrons. The van der Waals surface area contributed by atoms with Crippen LogP contribution in [0.4, 0.5) is 13.2 Å². The molecule has 0 spiro atoms. The molecule has 3 rings (SSSR count). The molecule has 0 saturated carbocycles. The molecule has 0 saturated heterocycles. The van der Waals surface area contributed by atoms with Crippen LogP contribution in [0.2, 0.25) is 0 Å². The quantitative estimate of drug-likeness (QED) is 0.724. The molecule has 8 heteroatoms. The average molecular weight is 386 g/mol. The molecule has 27 heavy (non-hydrogen) atoms. The summed E-state index contributed by atoms with van der Waals surface area (Å²) in [6.45, 7) is 3.74. The van der Waals surface area contributed by atoms with Gasteiger partial charge in [0.2, 0.25) is 6.10 Å². The van der Waals surface area contributed by atoms with Gasteiger partial charge in [-0.15, -0.1) is 0 Å². The number of carbonyl (C=O) groups is 1. The number of fused-ring (bicyclic) bond motifs is 1. The Morgan fingerprint density at radius 1 is 1.15 bits per heavy atom. The van der Waals surface area contributed by atoms with Gasteiger partial charge in [-0.05, 0) is 49.2 Å². The number of ether oxygens (including phenoxy) is 2. The SMILES string of the molecule is Cc1ccc(C)c(Oc2ccc3c(c2)O[C@@H](C(F)(F)F)C(C(=O)[O-])=C3)c1.[Na+]. The van der Waals surface area contributed by atoms with Crippen LogP contribution in [0.1, 0.15) is 16.7 Å². The zero-order chi connectivity index (χ0) is 19.1. The van der Waals surface area contributed by atoms with E-state index < -0.39 is 23.8 Å². The van der Waals surface area contributed by atoms with Gasteiger partial charge in [0.1, 0.15) is 17.2 Å². The first-order chi connectivity index (χ1) is 12.1. The largest absolute Gasteiger partial charge is 1.00 e. The van der Waals surface area contributed by atoms with Crippen LogP contribution in [-0.4, -0.2) is 18.2 Å². The van der Waals surface area contributed by atoms with Crippen LogP contribution < -0.4 is 44.1 Å². The van der Waals surface area contributed by atoms with Crippen molar-refractivity contribution in [3.8, 4) is 17.2 Å². The molecule has 1 aliphatic rings. The summed E-state index contributed by atoms with van der Waals surface area (Å²) >= 11 is 0. The van der Waals surface area contributed by atoms with Crippen LogP contribution in [0.15, 0.2) is 42.0 Å². The van der Waals surface area contributed by atoms with Crippen LogP contribution in [0.25, 0.3) is 6.08 Å². The summed E-state index contributed by atoms with van der Waals surface area (Å²) in [5.41, 5.74) is 1.08. The number of rotatable bonds is 3. The zero-order valence-electron chi connectivity index (χ0n) is 14.9. The Kier molecular flexibility index (Phi) is 6.29. The van der Waals surface area contributed by atoms with Gasteiger partial charge in [-0.1, -0.05) is 12.1 Å². The molecule has 1 heterocycles. The van der Waals surface area contributed by atoms with Crippen molar-refractivity contribution in [3.63, 3.8) is 0 Å². The molecule has 0 amide bonds. The fourth-order valence-electron chi connectivity index (χ4n) is 2.59. The second kappa shape index (κ2) is 7.96. The van der Waals surface area contributed by atoms with Crippen molar-refractivity contribution in [1.29, 1.82) is 0 Å². The summed E-state index contributed by atoms with van der Waals surface area (Å²) < 4.78 is 50.0. The van der Waals surface area contributed by atoms with E-state index in [9.17, 15) is 23.1 Å². The molecule has 4 nitrogen and oxygen atoms in total. The predicted octanol–water partition coefficient (Wildman–Crippen LogP) is 0.556. The van der Waals surface area contributed by atoms with Gasteiger partial charge < -0.3 is 19.4 Å². The Morgan fingerprint density at radius 3 is 2.48 bits per heavy atom.